The van der Waals surface area contributed by atoms with Crippen LogP contribution in [0.25, 0.3) is 10.9 Å². The fraction of sp³-hybridized carbons (Fsp3) is 0.310. The number of quaternary nitrogens is 2. The topological polar surface area (TPSA) is 24.7 Å². The van der Waals surface area contributed by atoms with E-state index >= 15 is 0 Å². The Bertz CT molecular complexity index is 1090. The molecule has 1 aliphatic heterocycles. The van der Waals surface area contributed by atoms with Crippen molar-refractivity contribution in [2.45, 2.75) is 38.4 Å². The zero-order chi connectivity index (χ0) is 21.6. The largest absolute Gasteiger partial charge is 0.361 e. The van der Waals surface area contributed by atoms with E-state index in [1.165, 1.54) is 60.1 Å². The van der Waals surface area contributed by atoms with Crippen LogP contribution in [0.1, 0.15) is 29.5 Å². The second kappa shape index (κ2) is 10.2. The third-order valence-corrected chi connectivity index (χ3v) is 7.24. The molecule has 0 bridgehead atoms. The average Bonchev–Trinajstić information content (AvgIpc) is 3.26. The van der Waals surface area contributed by atoms with E-state index in [-0.39, 0.29) is 0 Å². The van der Waals surface area contributed by atoms with Gasteiger partial charge in [0.05, 0.1) is 25.7 Å². The summed E-state index contributed by atoms with van der Waals surface area (Å²) in [6.07, 6.45) is 6.01. The molecule has 4 aromatic rings. The lowest BCUT2D eigenvalue weighted by Gasteiger charge is -2.34. The van der Waals surface area contributed by atoms with Gasteiger partial charge in [0.25, 0.3) is 0 Å². The van der Waals surface area contributed by atoms with Crippen LogP contribution in [-0.4, -0.2) is 30.7 Å². The van der Waals surface area contributed by atoms with E-state index in [2.05, 4.69) is 96.1 Å². The van der Waals surface area contributed by atoms with Gasteiger partial charge in [0, 0.05) is 47.5 Å². The number of para-hydroxylation sites is 1. The highest BCUT2D eigenvalue weighted by Crippen LogP contribution is 2.16. The molecule has 1 atom stereocenters. The predicted octanol–water partition coefficient (Wildman–Crippen LogP) is 3.04. The van der Waals surface area contributed by atoms with E-state index in [1.807, 2.05) is 0 Å². The zero-order valence-electron chi connectivity index (χ0n) is 18.9. The molecule has 3 aromatic carbocycles. The monoisotopic (exact) mass is 425 g/mol. The molecule has 0 saturated carbocycles. The Kier molecular flexibility index (Phi) is 6.66. The van der Waals surface area contributed by atoms with Crippen molar-refractivity contribution in [2.24, 2.45) is 0 Å². The molecule has 1 unspecified atom stereocenters. The van der Waals surface area contributed by atoms with Crippen molar-refractivity contribution < 1.29 is 9.80 Å². The number of hydrogen-bond acceptors (Lipinski definition) is 0. The molecule has 1 aromatic heterocycles. The number of piperidine rings is 1. The lowest BCUT2D eigenvalue weighted by Crippen LogP contribution is -3.19. The Morgan fingerprint density at radius 1 is 0.781 bits per heavy atom. The highest BCUT2D eigenvalue weighted by Gasteiger charge is 2.30. The molecule has 3 heteroatoms. The van der Waals surface area contributed by atoms with Crippen LogP contribution in [0.4, 0.5) is 0 Å². The summed E-state index contributed by atoms with van der Waals surface area (Å²) in [6, 6.07) is 31.5. The number of benzene rings is 3. The quantitative estimate of drug-likeness (QED) is 0.387. The van der Waals surface area contributed by atoms with Crippen molar-refractivity contribution in [3.8, 4) is 0 Å². The number of aromatic amines is 1. The van der Waals surface area contributed by atoms with E-state index in [1.54, 1.807) is 9.80 Å². The minimum atomic E-state index is 0.755. The lowest BCUT2D eigenvalue weighted by molar-refractivity contribution is -0.970. The first kappa shape index (κ1) is 21.0. The lowest BCUT2D eigenvalue weighted by atomic mass is 10.0. The standard InChI is InChI=1S/C29H33N3/c1-3-9-24(10-4-1)15-20-32(22-25-11-5-2-6-12-25)27-16-18-31(19-17-27)23-26-21-30-29-14-8-7-13-28(26)29/h1-14,21,27,30H,15-20,22-23H2/p+2. The molecule has 0 spiro atoms. The molecule has 2 heterocycles. The molecule has 164 valence electrons. The second-order valence-corrected chi connectivity index (χ2v) is 9.37. The van der Waals surface area contributed by atoms with Crippen LogP contribution in [-0.2, 0) is 19.5 Å². The first-order chi connectivity index (χ1) is 15.8. The van der Waals surface area contributed by atoms with Crippen LogP contribution in [0.2, 0.25) is 0 Å². The first-order valence-electron chi connectivity index (χ1n) is 12.2. The van der Waals surface area contributed by atoms with Crippen molar-refractivity contribution in [1.82, 2.24) is 4.98 Å². The molecule has 5 rings (SSSR count). The number of aromatic nitrogens is 1. The molecule has 1 aliphatic rings. The molecular formula is C29H35N3+2. The Balaban J connectivity index is 1.22. The Labute approximate surface area is 191 Å². The van der Waals surface area contributed by atoms with Gasteiger partial charge in [-0.3, -0.25) is 0 Å². The van der Waals surface area contributed by atoms with Gasteiger partial charge < -0.3 is 14.8 Å². The highest BCUT2D eigenvalue weighted by atomic mass is 15.2. The number of rotatable bonds is 8. The minimum Gasteiger partial charge on any atom is -0.361 e. The summed E-state index contributed by atoms with van der Waals surface area (Å²) in [5, 5.41) is 1.39. The van der Waals surface area contributed by atoms with Crippen LogP contribution in [0.5, 0.6) is 0 Å². The van der Waals surface area contributed by atoms with E-state index < -0.39 is 0 Å². The Morgan fingerprint density at radius 2 is 1.44 bits per heavy atom. The number of likely N-dealkylation sites (tertiary alicyclic amines) is 1. The third-order valence-electron chi connectivity index (χ3n) is 7.24. The van der Waals surface area contributed by atoms with Gasteiger partial charge in [-0.1, -0.05) is 78.9 Å². The Morgan fingerprint density at radius 3 is 2.19 bits per heavy atom. The Hall–Kier alpha value is -2.88. The number of nitrogens with one attached hydrogen (secondary N) is 3. The highest BCUT2D eigenvalue weighted by molar-refractivity contribution is 5.82. The minimum absolute atomic E-state index is 0.755. The van der Waals surface area contributed by atoms with Gasteiger partial charge in [-0.25, -0.2) is 0 Å². The summed E-state index contributed by atoms with van der Waals surface area (Å²) in [4.78, 5) is 6.93. The van der Waals surface area contributed by atoms with Gasteiger partial charge in [0.2, 0.25) is 0 Å². The second-order valence-electron chi connectivity index (χ2n) is 9.37. The van der Waals surface area contributed by atoms with Gasteiger partial charge in [-0.05, 0) is 11.6 Å². The summed E-state index contributed by atoms with van der Waals surface area (Å²) in [5.41, 5.74) is 5.65. The maximum atomic E-state index is 3.45. The van der Waals surface area contributed by atoms with Gasteiger partial charge >= 0.3 is 0 Å². The van der Waals surface area contributed by atoms with Crippen LogP contribution >= 0.6 is 0 Å². The summed E-state index contributed by atoms with van der Waals surface area (Å²) in [6.45, 7) is 6.02. The average molecular weight is 426 g/mol. The van der Waals surface area contributed by atoms with Gasteiger partial charge in [0.1, 0.15) is 13.1 Å². The molecule has 1 saturated heterocycles. The summed E-state index contributed by atoms with van der Waals surface area (Å²) < 4.78 is 0. The zero-order valence-corrected chi connectivity index (χ0v) is 18.9. The van der Waals surface area contributed by atoms with Crippen molar-refractivity contribution in [2.75, 3.05) is 19.6 Å². The van der Waals surface area contributed by atoms with Gasteiger partial charge in [-0.15, -0.1) is 0 Å². The predicted molar refractivity (Wildman–Crippen MR) is 132 cm³/mol. The molecule has 3 N–H and O–H groups in total. The normalized spacial score (nSPS) is 19.8. The summed E-state index contributed by atoms with van der Waals surface area (Å²) in [7, 11) is 0. The number of fused-ring (bicyclic) bond motifs is 1. The fourth-order valence-corrected chi connectivity index (χ4v) is 5.40. The molecule has 0 amide bonds. The van der Waals surface area contributed by atoms with Crippen LogP contribution in [0, 0.1) is 0 Å². The first-order valence-corrected chi connectivity index (χ1v) is 12.2. The van der Waals surface area contributed by atoms with Gasteiger partial charge in [0.15, 0.2) is 0 Å². The van der Waals surface area contributed by atoms with Crippen molar-refractivity contribution in [3.63, 3.8) is 0 Å². The van der Waals surface area contributed by atoms with E-state index in [0.29, 0.717) is 0 Å². The van der Waals surface area contributed by atoms with E-state index in [0.717, 1.165) is 25.6 Å². The number of H-pyrrole nitrogens is 1. The summed E-state index contributed by atoms with van der Waals surface area (Å²) >= 11 is 0. The maximum Gasteiger partial charge on any atom is 0.105 e. The van der Waals surface area contributed by atoms with Gasteiger partial charge in [-0.2, -0.15) is 0 Å². The van der Waals surface area contributed by atoms with Crippen molar-refractivity contribution >= 4 is 10.9 Å². The maximum absolute atomic E-state index is 3.45. The van der Waals surface area contributed by atoms with Crippen LogP contribution in [0.15, 0.2) is 91.1 Å². The van der Waals surface area contributed by atoms with Crippen LogP contribution in [0.3, 0.4) is 0 Å². The molecule has 32 heavy (non-hydrogen) atoms. The molecular weight excluding hydrogens is 390 g/mol. The van der Waals surface area contributed by atoms with Crippen molar-refractivity contribution in [3.05, 3.63) is 108 Å². The van der Waals surface area contributed by atoms with E-state index in [4.69, 9.17) is 0 Å². The van der Waals surface area contributed by atoms with E-state index in [9.17, 15) is 0 Å². The molecule has 3 nitrogen and oxygen atoms in total. The van der Waals surface area contributed by atoms with Crippen molar-refractivity contribution in [1.29, 1.82) is 0 Å². The SMILES string of the molecule is c1ccc(CC[NH+](Cc2ccccc2)C2CC[NH+](Cc3c[nH]c4ccccc34)CC2)cc1. The molecule has 0 aliphatic carbocycles. The number of hydrogen-bond donors (Lipinski definition) is 3. The molecule has 0 radical (unpaired) electrons. The smallest absolute Gasteiger partial charge is 0.105 e. The fourth-order valence-electron chi connectivity index (χ4n) is 5.40. The summed E-state index contributed by atoms with van der Waals surface area (Å²) in [5.74, 6) is 0. The van der Waals surface area contributed by atoms with Crippen LogP contribution < -0.4 is 9.80 Å². The third kappa shape index (κ3) is 5.12. The molecule has 1 fully saturated rings.